The quantitative estimate of drug-likeness (QED) is 0.662. The summed E-state index contributed by atoms with van der Waals surface area (Å²) in [5, 5.41) is 1.74. The van der Waals surface area contributed by atoms with Gasteiger partial charge in [0.05, 0.1) is 22.4 Å². The number of nitrogens with zero attached hydrogens (tertiary/aromatic N) is 1. The molecule has 0 unspecified atom stereocenters. The van der Waals surface area contributed by atoms with Gasteiger partial charge in [-0.05, 0) is 30.3 Å². The van der Waals surface area contributed by atoms with E-state index in [2.05, 4.69) is 20.9 Å². The summed E-state index contributed by atoms with van der Waals surface area (Å²) < 4.78 is 0.999. The fourth-order valence-electron chi connectivity index (χ4n) is 1.91. The average Bonchev–Trinajstić information content (AvgIpc) is 2.44. The molecule has 0 saturated carbocycles. The molecule has 0 bridgehead atoms. The number of pyridine rings is 1. The van der Waals surface area contributed by atoms with Crippen LogP contribution in [-0.4, -0.2) is 4.98 Å². The third-order valence-electron chi connectivity index (χ3n) is 2.86. The zero-order valence-corrected chi connectivity index (χ0v) is 13.5. The topological polar surface area (TPSA) is 38.9 Å². The van der Waals surface area contributed by atoms with Gasteiger partial charge in [0.2, 0.25) is 0 Å². The molecule has 0 atom stereocenters. The van der Waals surface area contributed by atoms with Crippen LogP contribution in [0.3, 0.4) is 0 Å². The Bertz CT molecular complexity index is 787. The molecule has 0 fully saturated rings. The molecule has 0 aliphatic rings. The second-order valence-electron chi connectivity index (χ2n) is 4.24. The lowest BCUT2D eigenvalue weighted by Crippen LogP contribution is -1.92. The van der Waals surface area contributed by atoms with Gasteiger partial charge in [0.1, 0.15) is 0 Å². The van der Waals surface area contributed by atoms with Gasteiger partial charge in [0.25, 0.3) is 0 Å². The van der Waals surface area contributed by atoms with Gasteiger partial charge in [-0.2, -0.15) is 0 Å². The predicted octanol–water partition coefficient (Wildman–Crippen LogP) is 5.38. The van der Waals surface area contributed by atoms with Crippen molar-refractivity contribution in [3.8, 4) is 0 Å². The lowest BCUT2D eigenvalue weighted by atomic mass is 10.2. The van der Waals surface area contributed by atoms with Crippen molar-refractivity contribution in [1.82, 2.24) is 4.98 Å². The van der Waals surface area contributed by atoms with Crippen LogP contribution in [0.4, 0.5) is 5.69 Å². The predicted molar refractivity (Wildman–Crippen MR) is 89.4 cm³/mol. The maximum atomic E-state index is 6.22. The van der Waals surface area contributed by atoms with Crippen LogP contribution in [0.1, 0.15) is 0 Å². The van der Waals surface area contributed by atoms with Gasteiger partial charge in [0.15, 0.2) is 0 Å². The van der Waals surface area contributed by atoms with Crippen LogP contribution in [-0.2, 0) is 0 Å². The molecule has 3 aromatic rings. The van der Waals surface area contributed by atoms with Crippen molar-refractivity contribution in [3.63, 3.8) is 0 Å². The first-order chi connectivity index (χ1) is 9.65. The van der Waals surface area contributed by atoms with Crippen molar-refractivity contribution < 1.29 is 0 Å². The van der Waals surface area contributed by atoms with Gasteiger partial charge < -0.3 is 5.73 Å². The molecule has 2 N–H and O–H groups in total. The third-order valence-corrected chi connectivity index (χ3v) is 5.03. The fourth-order valence-corrected chi connectivity index (χ4v) is 3.50. The van der Waals surface area contributed by atoms with Gasteiger partial charge in [-0.25, -0.2) is 0 Å². The normalized spacial score (nSPS) is 10.9. The Morgan fingerprint density at radius 1 is 1.15 bits per heavy atom. The molecule has 2 nitrogen and oxygen atoms in total. The van der Waals surface area contributed by atoms with Gasteiger partial charge in [-0.15, -0.1) is 0 Å². The minimum atomic E-state index is 0.653. The first-order valence-corrected chi connectivity index (χ1v) is 7.90. The van der Waals surface area contributed by atoms with Crippen LogP contribution in [0.15, 0.2) is 62.9 Å². The lowest BCUT2D eigenvalue weighted by Gasteiger charge is -2.10. The molecule has 0 radical (unpaired) electrons. The number of halogens is 2. The fraction of sp³-hybridized carbons (Fsp3) is 0. The number of nitrogens with two attached hydrogens (primary N) is 1. The Morgan fingerprint density at radius 2 is 1.95 bits per heavy atom. The monoisotopic (exact) mass is 364 g/mol. The zero-order valence-electron chi connectivity index (χ0n) is 10.3. The molecule has 3 rings (SSSR count). The van der Waals surface area contributed by atoms with Gasteiger partial charge in [-0.3, -0.25) is 4.98 Å². The molecule has 2 aromatic carbocycles. The van der Waals surface area contributed by atoms with Crippen molar-refractivity contribution in [2.24, 2.45) is 0 Å². The first kappa shape index (κ1) is 13.7. The summed E-state index contributed by atoms with van der Waals surface area (Å²) in [5.41, 5.74) is 7.66. The van der Waals surface area contributed by atoms with Crippen molar-refractivity contribution >= 4 is 55.9 Å². The molecular formula is C15H10BrClN2S. The Balaban J connectivity index is 2.17. The van der Waals surface area contributed by atoms with Crippen LogP contribution >= 0.6 is 39.3 Å². The lowest BCUT2D eigenvalue weighted by molar-refractivity contribution is 1.35. The highest BCUT2D eigenvalue weighted by Gasteiger charge is 2.10. The Labute approximate surface area is 134 Å². The number of fused-ring (bicyclic) bond motifs is 1. The second-order valence-corrected chi connectivity index (χ2v) is 6.61. The molecule has 0 spiro atoms. The maximum Gasteiger partial charge on any atom is 0.0715 e. The largest absolute Gasteiger partial charge is 0.397 e. The van der Waals surface area contributed by atoms with Crippen LogP contribution in [0.2, 0.25) is 5.02 Å². The molecule has 1 aromatic heterocycles. The van der Waals surface area contributed by atoms with E-state index in [-0.39, 0.29) is 0 Å². The van der Waals surface area contributed by atoms with E-state index in [4.69, 9.17) is 17.3 Å². The summed E-state index contributed by atoms with van der Waals surface area (Å²) in [4.78, 5) is 6.31. The van der Waals surface area contributed by atoms with E-state index in [1.807, 2.05) is 42.5 Å². The van der Waals surface area contributed by atoms with E-state index in [0.717, 1.165) is 30.2 Å². The summed E-state index contributed by atoms with van der Waals surface area (Å²) in [7, 11) is 0. The van der Waals surface area contributed by atoms with Crippen molar-refractivity contribution in [2.75, 3.05) is 5.73 Å². The standard InChI is InChI=1S/C15H10BrClN2S/c16-9-5-6-13-10(7-9)15(12(18)8-19-13)20-14-4-2-1-3-11(14)17/h1-8H,18H2. The summed E-state index contributed by atoms with van der Waals surface area (Å²) >= 11 is 11.3. The van der Waals surface area contributed by atoms with Crippen molar-refractivity contribution in [1.29, 1.82) is 0 Å². The SMILES string of the molecule is Nc1cnc2ccc(Br)cc2c1Sc1ccccc1Cl. The molecule has 0 aliphatic carbocycles. The maximum absolute atomic E-state index is 6.22. The Morgan fingerprint density at radius 3 is 2.75 bits per heavy atom. The van der Waals surface area contributed by atoms with E-state index in [1.54, 1.807) is 18.0 Å². The van der Waals surface area contributed by atoms with E-state index < -0.39 is 0 Å². The van der Waals surface area contributed by atoms with Gasteiger partial charge in [-0.1, -0.05) is 51.4 Å². The summed E-state index contributed by atoms with van der Waals surface area (Å²) in [6.45, 7) is 0. The molecule has 20 heavy (non-hydrogen) atoms. The van der Waals surface area contributed by atoms with Gasteiger partial charge in [0, 0.05) is 19.6 Å². The number of hydrogen-bond acceptors (Lipinski definition) is 3. The summed E-state index contributed by atoms with van der Waals surface area (Å²) in [6, 6.07) is 13.7. The third kappa shape index (κ3) is 2.64. The summed E-state index contributed by atoms with van der Waals surface area (Å²) in [6.07, 6.45) is 1.69. The molecule has 0 amide bonds. The molecule has 100 valence electrons. The van der Waals surface area contributed by atoms with Crippen LogP contribution in [0.25, 0.3) is 10.9 Å². The number of hydrogen-bond donors (Lipinski definition) is 1. The van der Waals surface area contributed by atoms with E-state index in [1.165, 1.54) is 0 Å². The zero-order chi connectivity index (χ0) is 14.1. The minimum absolute atomic E-state index is 0.653. The van der Waals surface area contributed by atoms with E-state index >= 15 is 0 Å². The Kier molecular flexibility index (Phi) is 3.87. The van der Waals surface area contributed by atoms with Crippen molar-refractivity contribution in [2.45, 2.75) is 9.79 Å². The number of anilines is 1. The van der Waals surface area contributed by atoms with Crippen molar-refractivity contribution in [3.05, 3.63) is 58.2 Å². The Hall–Kier alpha value is -1.23. The smallest absolute Gasteiger partial charge is 0.0715 e. The van der Waals surface area contributed by atoms with E-state index in [0.29, 0.717) is 5.69 Å². The van der Waals surface area contributed by atoms with Crippen LogP contribution in [0.5, 0.6) is 0 Å². The first-order valence-electron chi connectivity index (χ1n) is 5.91. The molecule has 5 heteroatoms. The van der Waals surface area contributed by atoms with Gasteiger partial charge >= 0.3 is 0 Å². The average molecular weight is 366 g/mol. The van der Waals surface area contributed by atoms with Crippen LogP contribution < -0.4 is 5.73 Å². The molecule has 0 aliphatic heterocycles. The van der Waals surface area contributed by atoms with Crippen LogP contribution in [0, 0.1) is 0 Å². The number of rotatable bonds is 2. The second kappa shape index (κ2) is 5.64. The van der Waals surface area contributed by atoms with E-state index in [9.17, 15) is 0 Å². The molecule has 0 saturated heterocycles. The number of benzene rings is 2. The minimum Gasteiger partial charge on any atom is -0.397 e. The highest BCUT2D eigenvalue weighted by Crippen LogP contribution is 2.40. The molecule has 1 heterocycles. The summed E-state index contributed by atoms with van der Waals surface area (Å²) in [5.74, 6) is 0. The number of aromatic nitrogens is 1. The number of nitrogen functional groups attached to an aromatic ring is 1. The highest BCUT2D eigenvalue weighted by molar-refractivity contribution is 9.10. The molecular weight excluding hydrogens is 356 g/mol. The highest BCUT2D eigenvalue weighted by atomic mass is 79.9.